The maximum absolute atomic E-state index is 12.3. The molecule has 2 aromatic heterocycles. The van der Waals surface area contributed by atoms with E-state index in [9.17, 15) is 4.79 Å². The molecule has 29 heavy (non-hydrogen) atoms. The van der Waals surface area contributed by atoms with Crippen LogP contribution in [-0.2, 0) is 0 Å². The highest BCUT2D eigenvalue weighted by atomic mass is 35.5. The third kappa shape index (κ3) is 4.23. The molecule has 1 fully saturated rings. The Hall–Kier alpha value is -2.57. The second-order valence-corrected chi connectivity index (χ2v) is 7.90. The molecule has 7 heteroatoms. The van der Waals surface area contributed by atoms with Crippen molar-refractivity contribution in [2.24, 2.45) is 5.73 Å². The molecule has 1 saturated heterocycles. The van der Waals surface area contributed by atoms with Crippen LogP contribution in [0.2, 0.25) is 5.02 Å². The molecule has 0 atom stereocenters. The quantitative estimate of drug-likeness (QED) is 0.625. The van der Waals surface area contributed by atoms with E-state index in [1.54, 1.807) is 0 Å². The molecular weight excluding hydrogens is 386 g/mol. The molecule has 0 aliphatic carbocycles. The third-order valence-corrected chi connectivity index (χ3v) is 5.87. The molecule has 4 rings (SSSR count). The number of hydrogen-bond acceptors (Lipinski definition) is 3. The van der Waals surface area contributed by atoms with Crippen LogP contribution in [0.5, 0.6) is 0 Å². The summed E-state index contributed by atoms with van der Waals surface area (Å²) in [6.45, 7) is 2.75. The van der Waals surface area contributed by atoms with Gasteiger partial charge in [-0.1, -0.05) is 11.6 Å². The Morgan fingerprint density at radius 1 is 1.21 bits per heavy atom. The van der Waals surface area contributed by atoms with Crippen molar-refractivity contribution in [3.05, 3.63) is 59.5 Å². The summed E-state index contributed by atoms with van der Waals surface area (Å²) in [5.74, 6) is 0.418. The van der Waals surface area contributed by atoms with E-state index in [1.165, 1.54) is 10.9 Å². The van der Waals surface area contributed by atoms with Gasteiger partial charge >= 0.3 is 6.03 Å². The first-order valence-electron chi connectivity index (χ1n) is 10.1. The number of amides is 2. The van der Waals surface area contributed by atoms with E-state index >= 15 is 0 Å². The van der Waals surface area contributed by atoms with Crippen molar-refractivity contribution < 1.29 is 4.79 Å². The molecule has 3 N–H and O–H groups in total. The van der Waals surface area contributed by atoms with Gasteiger partial charge in [0.15, 0.2) is 0 Å². The number of piperidine rings is 1. The fourth-order valence-corrected chi connectivity index (χ4v) is 4.17. The van der Waals surface area contributed by atoms with Crippen molar-refractivity contribution in [3.63, 3.8) is 0 Å². The minimum absolute atomic E-state index is 0.0182. The van der Waals surface area contributed by atoms with Gasteiger partial charge in [-0.2, -0.15) is 0 Å². The maximum Gasteiger partial charge on any atom is 0.317 e. The Balaban J connectivity index is 1.53. The highest BCUT2D eigenvalue weighted by molar-refractivity contribution is 6.30. The number of aromatic nitrogens is 2. The Labute approximate surface area is 175 Å². The van der Waals surface area contributed by atoms with Crippen LogP contribution in [0.25, 0.3) is 16.6 Å². The van der Waals surface area contributed by atoms with Crippen LogP contribution < -0.4 is 11.1 Å². The van der Waals surface area contributed by atoms with Crippen molar-refractivity contribution in [1.82, 2.24) is 19.8 Å². The van der Waals surface area contributed by atoms with Crippen LogP contribution in [0.15, 0.2) is 48.9 Å². The van der Waals surface area contributed by atoms with Gasteiger partial charge in [0, 0.05) is 48.1 Å². The number of pyridine rings is 1. The first kappa shape index (κ1) is 19.7. The number of nitrogens with zero attached hydrogens (tertiary/aromatic N) is 3. The molecule has 2 amide bonds. The summed E-state index contributed by atoms with van der Waals surface area (Å²) in [6, 6.07) is 9.95. The number of likely N-dealkylation sites (tertiary alicyclic amines) is 1. The highest BCUT2D eigenvalue weighted by Crippen LogP contribution is 2.35. The summed E-state index contributed by atoms with van der Waals surface area (Å²) in [4.78, 5) is 18.5. The van der Waals surface area contributed by atoms with Gasteiger partial charge < -0.3 is 20.5 Å². The van der Waals surface area contributed by atoms with Crippen molar-refractivity contribution in [2.75, 3.05) is 26.2 Å². The number of fused-ring (bicyclic) bond motifs is 1. The number of benzene rings is 1. The summed E-state index contributed by atoms with van der Waals surface area (Å²) < 4.78 is 2.18. The third-order valence-electron chi connectivity index (χ3n) is 5.62. The summed E-state index contributed by atoms with van der Waals surface area (Å²) in [5, 5.41) is 4.90. The molecule has 0 unspecified atom stereocenters. The lowest BCUT2D eigenvalue weighted by Crippen LogP contribution is -2.44. The summed E-state index contributed by atoms with van der Waals surface area (Å²) >= 11 is 6.06. The number of halogens is 1. The van der Waals surface area contributed by atoms with Gasteiger partial charge in [0.05, 0.1) is 11.7 Å². The molecule has 0 bridgehead atoms. The molecule has 0 radical (unpaired) electrons. The lowest BCUT2D eigenvalue weighted by Gasteiger charge is -2.32. The van der Waals surface area contributed by atoms with Crippen LogP contribution in [0.4, 0.5) is 4.79 Å². The normalized spacial score (nSPS) is 15.0. The largest absolute Gasteiger partial charge is 0.338 e. The Morgan fingerprint density at radius 2 is 1.97 bits per heavy atom. The van der Waals surface area contributed by atoms with Gasteiger partial charge in [0.25, 0.3) is 0 Å². The second kappa shape index (κ2) is 8.84. The van der Waals surface area contributed by atoms with Gasteiger partial charge in [-0.05, 0) is 67.6 Å². The number of carbonyl (C=O) groups is 1. The number of urea groups is 1. The topological polar surface area (TPSA) is 76.2 Å². The number of hydrogen-bond donors (Lipinski definition) is 2. The van der Waals surface area contributed by atoms with Crippen molar-refractivity contribution in [1.29, 1.82) is 0 Å². The van der Waals surface area contributed by atoms with E-state index in [-0.39, 0.29) is 6.03 Å². The van der Waals surface area contributed by atoms with Gasteiger partial charge in [-0.25, -0.2) is 4.79 Å². The fourth-order valence-electron chi connectivity index (χ4n) is 4.04. The monoisotopic (exact) mass is 411 g/mol. The van der Waals surface area contributed by atoms with Crippen LogP contribution in [0.3, 0.4) is 0 Å². The number of nitrogens with two attached hydrogens (primary N) is 1. The zero-order valence-corrected chi connectivity index (χ0v) is 17.1. The molecule has 152 valence electrons. The van der Waals surface area contributed by atoms with E-state index in [0.717, 1.165) is 48.6 Å². The van der Waals surface area contributed by atoms with Crippen molar-refractivity contribution in [3.8, 4) is 5.69 Å². The van der Waals surface area contributed by atoms with Crippen LogP contribution >= 0.6 is 11.6 Å². The van der Waals surface area contributed by atoms with Crippen LogP contribution in [-0.4, -0.2) is 46.7 Å². The number of rotatable bonds is 5. The Morgan fingerprint density at radius 3 is 2.69 bits per heavy atom. The number of nitrogens with one attached hydrogen (secondary N) is 1. The zero-order chi connectivity index (χ0) is 20.2. The van der Waals surface area contributed by atoms with Crippen LogP contribution in [0, 0.1) is 0 Å². The maximum atomic E-state index is 12.3. The summed E-state index contributed by atoms with van der Waals surface area (Å²) in [5.41, 5.74) is 8.97. The summed E-state index contributed by atoms with van der Waals surface area (Å²) in [6.07, 6.45) is 8.68. The smallest absolute Gasteiger partial charge is 0.317 e. The average molecular weight is 412 g/mol. The molecule has 6 nitrogen and oxygen atoms in total. The lowest BCUT2D eigenvalue weighted by atomic mass is 9.89. The van der Waals surface area contributed by atoms with Gasteiger partial charge in [0.2, 0.25) is 0 Å². The van der Waals surface area contributed by atoms with Crippen molar-refractivity contribution >= 4 is 28.5 Å². The first-order valence-corrected chi connectivity index (χ1v) is 10.5. The van der Waals surface area contributed by atoms with Crippen molar-refractivity contribution in [2.45, 2.75) is 25.2 Å². The SMILES string of the molecule is NCCCNC(=O)N1CCC(c2cn(-c3ccc(Cl)cc3)c3cnccc23)CC1. The van der Waals surface area contributed by atoms with E-state index < -0.39 is 0 Å². The molecule has 1 aromatic carbocycles. The molecule has 3 heterocycles. The average Bonchev–Trinajstić information content (AvgIpc) is 3.14. The fraction of sp³-hybridized carbons (Fsp3) is 0.364. The van der Waals surface area contributed by atoms with Gasteiger partial charge in [-0.3, -0.25) is 4.98 Å². The Bertz CT molecular complexity index is 977. The molecule has 1 aliphatic heterocycles. The van der Waals surface area contributed by atoms with E-state index in [4.69, 9.17) is 17.3 Å². The van der Waals surface area contributed by atoms with E-state index in [1.807, 2.05) is 41.6 Å². The molecule has 0 saturated carbocycles. The Kier molecular flexibility index (Phi) is 6.02. The minimum atomic E-state index is 0.0182. The van der Waals surface area contributed by atoms with E-state index in [2.05, 4.69) is 27.1 Å². The lowest BCUT2D eigenvalue weighted by molar-refractivity contribution is 0.181. The minimum Gasteiger partial charge on any atom is -0.338 e. The highest BCUT2D eigenvalue weighted by Gasteiger charge is 2.26. The van der Waals surface area contributed by atoms with E-state index in [0.29, 0.717) is 19.0 Å². The predicted molar refractivity (Wildman–Crippen MR) is 117 cm³/mol. The summed E-state index contributed by atoms with van der Waals surface area (Å²) in [7, 11) is 0. The number of carbonyl (C=O) groups excluding carboxylic acids is 1. The zero-order valence-electron chi connectivity index (χ0n) is 16.4. The molecular formula is C22H26ClN5O. The van der Waals surface area contributed by atoms with Gasteiger partial charge in [0.1, 0.15) is 0 Å². The molecule has 0 spiro atoms. The predicted octanol–water partition coefficient (Wildman–Crippen LogP) is 3.92. The van der Waals surface area contributed by atoms with Gasteiger partial charge in [-0.15, -0.1) is 0 Å². The molecule has 1 aliphatic rings. The molecule has 3 aromatic rings. The standard InChI is InChI=1S/C22H26ClN5O/c23-17-2-4-18(5-3-17)28-15-20(19-6-11-25-14-21(19)28)16-7-12-27(13-8-16)22(29)26-10-1-9-24/h2-6,11,14-16H,1,7-10,12-13,24H2,(H,26,29). The van der Waals surface area contributed by atoms with Crippen LogP contribution in [0.1, 0.15) is 30.7 Å². The second-order valence-electron chi connectivity index (χ2n) is 7.46. The first-order chi connectivity index (χ1) is 14.2.